The summed E-state index contributed by atoms with van der Waals surface area (Å²) in [4.78, 5) is 0. The van der Waals surface area contributed by atoms with Crippen molar-refractivity contribution >= 4 is 11.4 Å². The summed E-state index contributed by atoms with van der Waals surface area (Å²) >= 11 is 0. The van der Waals surface area contributed by atoms with E-state index >= 15 is 0 Å². The lowest BCUT2D eigenvalue weighted by Crippen LogP contribution is -2.15. The fourth-order valence-electron chi connectivity index (χ4n) is 3.60. The zero-order chi connectivity index (χ0) is 17.9. The number of methoxy groups -OCH3 is 1. The van der Waals surface area contributed by atoms with Gasteiger partial charge in [0.2, 0.25) is 0 Å². The monoisotopic (exact) mass is 345 g/mol. The number of hydrogen-bond acceptors (Lipinski definition) is 3. The highest BCUT2D eigenvalue weighted by atomic mass is 16.5. The highest BCUT2D eigenvalue weighted by Gasteiger charge is 2.22. The lowest BCUT2D eigenvalue weighted by molar-refractivity contribution is 0.414. The van der Waals surface area contributed by atoms with Crippen molar-refractivity contribution in [2.45, 2.75) is 26.2 Å². The number of fused-ring (bicyclic) bond motifs is 1. The maximum absolute atomic E-state index is 5.28. The van der Waals surface area contributed by atoms with E-state index in [9.17, 15) is 0 Å². The molecule has 0 radical (unpaired) electrons. The third-order valence-corrected chi connectivity index (χ3v) is 4.85. The summed E-state index contributed by atoms with van der Waals surface area (Å²) in [6, 6.07) is 20.6. The van der Waals surface area contributed by atoms with E-state index in [4.69, 9.17) is 9.84 Å². The zero-order valence-electron chi connectivity index (χ0n) is 15.2. The molecule has 1 aliphatic carbocycles. The Morgan fingerprint density at radius 2 is 1.77 bits per heavy atom. The van der Waals surface area contributed by atoms with Crippen molar-refractivity contribution in [3.8, 4) is 11.4 Å². The van der Waals surface area contributed by atoms with Crippen LogP contribution in [0.15, 0.2) is 65.8 Å². The number of aryl methyl sites for hydroxylation is 1. The topological polar surface area (TPSA) is 38.5 Å². The maximum Gasteiger partial charge on any atom is 0.119 e. The fourth-order valence-corrected chi connectivity index (χ4v) is 3.60. The molecule has 4 rings (SSSR count). The van der Waals surface area contributed by atoms with Gasteiger partial charge in [-0.1, -0.05) is 18.2 Å². The summed E-state index contributed by atoms with van der Waals surface area (Å²) in [6.45, 7) is 2.16. The molecule has 1 N–H and O–H groups in total. The van der Waals surface area contributed by atoms with Gasteiger partial charge in [-0.3, -0.25) is 5.43 Å². The predicted molar refractivity (Wildman–Crippen MR) is 107 cm³/mol. The van der Waals surface area contributed by atoms with E-state index in [-0.39, 0.29) is 0 Å². The van der Waals surface area contributed by atoms with Crippen LogP contribution in [0, 0.1) is 6.92 Å². The number of hydrazone groups is 1. The van der Waals surface area contributed by atoms with Gasteiger partial charge in [-0.2, -0.15) is 5.10 Å². The van der Waals surface area contributed by atoms with Gasteiger partial charge < -0.3 is 9.30 Å². The van der Waals surface area contributed by atoms with Crippen LogP contribution in [0.3, 0.4) is 0 Å². The average molecular weight is 345 g/mol. The van der Waals surface area contributed by atoms with E-state index in [1.807, 2.05) is 42.5 Å². The van der Waals surface area contributed by atoms with E-state index in [0.29, 0.717) is 0 Å². The van der Waals surface area contributed by atoms with Crippen LogP contribution in [-0.2, 0) is 6.42 Å². The number of benzene rings is 2. The molecule has 0 saturated carbocycles. The van der Waals surface area contributed by atoms with E-state index in [0.717, 1.165) is 36.4 Å². The molecule has 0 fully saturated rings. The molecule has 0 saturated heterocycles. The number of para-hydroxylation sites is 1. The quantitative estimate of drug-likeness (QED) is 0.680. The Morgan fingerprint density at radius 3 is 2.50 bits per heavy atom. The normalized spacial score (nSPS) is 14.9. The van der Waals surface area contributed by atoms with Gasteiger partial charge in [0.25, 0.3) is 0 Å². The third-order valence-electron chi connectivity index (χ3n) is 4.85. The van der Waals surface area contributed by atoms with Crippen molar-refractivity contribution < 1.29 is 4.74 Å². The van der Waals surface area contributed by atoms with Crippen molar-refractivity contribution in [3.63, 3.8) is 0 Å². The van der Waals surface area contributed by atoms with Crippen molar-refractivity contribution in [2.24, 2.45) is 5.10 Å². The number of ether oxygens (including phenoxy) is 1. The van der Waals surface area contributed by atoms with Crippen molar-refractivity contribution in [1.82, 2.24) is 4.57 Å². The lowest BCUT2D eigenvalue weighted by atomic mass is 9.96. The molecule has 0 bridgehead atoms. The Bertz CT molecular complexity index is 924. The summed E-state index contributed by atoms with van der Waals surface area (Å²) in [5.74, 6) is 0.877. The van der Waals surface area contributed by atoms with Gasteiger partial charge in [0.1, 0.15) is 5.75 Å². The molecule has 0 unspecified atom stereocenters. The molecule has 132 valence electrons. The number of hydrogen-bond donors (Lipinski definition) is 1. The summed E-state index contributed by atoms with van der Waals surface area (Å²) in [6.07, 6.45) is 3.18. The van der Waals surface area contributed by atoms with E-state index in [2.05, 4.69) is 35.1 Å². The smallest absolute Gasteiger partial charge is 0.119 e. The number of anilines is 1. The van der Waals surface area contributed by atoms with Gasteiger partial charge >= 0.3 is 0 Å². The number of nitrogens with zero attached hydrogens (tertiary/aromatic N) is 2. The first-order chi connectivity index (χ1) is 12.8. The molecule has 3 aromatic rings. The standard InChI is InChI=1S/C22H23N3O/c1-16-15-20-21(24-23-17-7-4-3-5-8-17)9-6-10-22(20)25(16)18-11-13-19(26-2)14-12-18/h3-5,7-8,11-15,23H,6,9-10H2,1-2H3/b24-21-. The molecule has 1 aromatic heterocycles. The highest BCUT2D eigenvalue weighted by molar-refractivity contribution is 6.03. The zero-order valence-corrected chi connectivity index (χ0v) is 15.2. The minimum atomic E-state index is 0.877. The minimum Gasteiger partial charge on any atom is -0.497 e. The number of rotatable bonds is 4. The fraction of sp³-hybridized carbons (Fsp3) is 0.227. The van der Waals surface area contributed by atoms with E-state index < -0.39 is 0 Å². The molecule has 0 aliphatic heterocycles. The van der Waals surface area contributed by atoms with Gasteiger partial charge in [0.05, 0.1) is 18.5 Å². The van der Waals surface area contributed by atoms with Crippen LogP contribution in [0.5, 0.6) is 5.75 Å². The Hall–Kier alpha value is -3.01. The van der Waals surface area contributed by atoms with Crippen LogP contribution in [0.2, 0.25) is 0 Å². The number of nitrogens with one attached hydrogen (secondary N) is 1. The van der Waals surface area contributed by atoms with Crippen LogP contribution in [0.4, 0.5) is 5.69 Å². The maximum atomic E-state index is 5.28. The molecule has 1 aliphatic rings. The van der Waals surface area contributed by atoms with Gasteiger partial charge in [-0.05, 0) is 68.7 Å². The van der Waals surface area contributed by atoms with Crippen LogP contribution >= 0.6 is 0 Å². The molecule has 4 nitrogen and oxygen atoms in total. The molecule has 0 atom stereocenters. The molecular weight excluding hydrogens is 322 g/mol. The van der Waals surface area contributed by atoms with Gasteiger partial charge in [-0.25, -0.2) is 0 Å². The molecule has 4 heteroatoms. The Kier molecular flexibility index (Phi) is 4.48. The van der Waals surface area contributed by atoms with E-state index in [1.165, 1.54) is 22.6 Å². The third kappa shape index (κ3) is 3.10. The SMILES string of the molecule is COc1ccc(-n2c(C)cc3c2CCC/C3=N/Nc2ccccc2)cc1. The molecule has 2 aromatic carbocycles. The summed E-state index contributed by atoms with van der Waals surface area (Å²) < 4.78 is 7.62. The summed E-state index contributed by atoms with van der Waals surface area (Å²) in [5.41, 5.74) is 10.3. The van der Waals surface area contributed by atoms with Crippen LogP contribution < -0.4 is 10.2 Å². The second-order valence-corrected chi connectivity index (χ2v) is 6.57. The van der Waals surface area contributed by atoms with Crippen LogP contribution in [0.1, 0.15) is 29.8 Å². The first kappa shape index (κ1) is 16.5. The Labute approximate surface area is 154 Å². The molecular formula is C22H23N3O. The summed E-state index contributed by atoms with van der Waals surface area (Å²) in [5, 5.41) is 4.70. The highest BCUT2D eigenvalue weighted by Crippen LogP contribution is 2.29. The number of aromatic nitrogens is 1. The van der Waals surface area contributed by atoms with Crippen molar-refractivity contribution in [1.29, 1.82) is 0 Å². The Morgan fingerprint density at radius 1 is 1.00 bits per heavy atom. The van der Waals surface area contributed by atoms with Crippen LogP contribution in [-0.4, -0.2) is 17.4 Å². The average Bonchev–Trinajstić information content (AvgIpc) is 3.03. The van der Waals surface area contributed by atoms with Gasteiger partial charge in [-0.15, -0.1) is 0 Å². The van der Waals surface area contributed by atoms with Gasteiger partial charge in [0, 0.05) is 22.6 Å². The van der Waals surface area contributed by atoms with Gasteiger partial charge in [0.15, 0.2) is 0 Å². The minimum absolute atomic E-state index is 0.877. The first-order valence-electron chi connectivity index (χ1n) is 9.00. The second-order valence-electron chi connectivity index (χ2n) is 6.57. The van der Waals surface area contributed by atoms with Crippen LogP contribution in [0.25, 0.3) is 5.69 Å². The summed E-state index contributed by atoms with van der Waals surface area (Å²) in [7, 11) is 1.69. The Balaban J connectivity index is 1.69. The predicted octanol–water partition coefficient (Wildman–Crippen LogP) is 4.95. The largest absolute Gasteiger partial charge is 0.497 e. The lowest BCUT2D eigenvalue weighted by Gasteiger charge is -2.18. The van der Waals surface area contributed by atoms with Crippen molar-refractivity contribution in [2.75, 3.05) is 12.5 Å². The molecule has 0 spiro atoms. The second kappa shape index (κ2) is 7.08. The first-order valence-corrected chi connectivity index (χ1v) is 9.00. The molecule has 0 amide bonds. The van der Waals surface area contributed by atoms with Crippen molar-refractivity contribution in [3.05, 3.63) is 77.6 Å². The molecule has 26 heavy (non-hydrogen) atoms. The molecule has 1 heterocycles. The van der Waals surface area contributed by atoms with E-state index in [1.54, 1.807) is 7.11 Å².